The molecule has 0 aliphatic carbocycles. The Kier molecular flexibility index (Phi) is 3.22. The van der Waals surface area contributed by atoms with E-state index in [4.69, 9.17) is 15.6 Å². The molecular formula is C15H16N2O3S. The van der Waals surface area contributed by atoms with Gasteiger partial charge in [0.05, 0.1) is 11.3 Å². The lowest BCUT2D eigenvalue weighted by Gasteiger charge is -2.17. The molecule has 0 radical (unpaired) electrons. The van der Waals surface area contributed by atoms with E-state index in [2.05, 4.69) is 4.98 Å². The van der Waals surface area contributed by atoms with Gasteiger partial charge < -0.3 is 15.6 Å². The van der Waals surface area contributed by atoms with Crippen molar-refractivity contribution in [2.45, 2.75) is 31.9 Å². The first kappa shape index (κ1) is 14.0. The number of nitrogens with zero attached hydrogens (tertiary/aromatic N) is 1. The molecule has 110 valence electrons. The Hall–Kier alpha value is -1.92. The van der Waals surface area contributed by atoms with Crippen LogP contribution in [0.3, 0.4) is 0 Å². The Balaban J connectivity index is 2.00. The lowest BCUT2D eigenvalue weighted by molar-refractivity contribution is -0.138. The molecule has 0 amide bonds. The Bertz CT molecular complexity index is 709. The van der Waals surface area contributed by atoms with Crippen molar-refractivity contribution >= 4 is 17.3 Å². The molecule has 2 heterocycles. The highest BCUT2D eigenvalue weighted by Gasteiger charge is 2.32. The number of aromatic nitrogens is 1. The van der Waals surface area contributed by atoms with E-state index in [1.165, 1.54) is 11.3 Å². The Morgan fingerprint density at radius 1 is 1.52 bits per heavy atom. The van der Waals surface area contributed by atoms with Crippen molar-refractivity contribution < 1.29 is 14.6 Å². The number of para-hydroxylation sites is 1. The number of carboxylic acids is 1. The van der Waals surface area contributed by atoms with E-state index in [1.54, 1.807) is 5.38 Å². The van der Waals surface area contributed by atoms with Gasteiger partial charge in [-0.15, -0.1) is 11.3 Å². The van der Waals surface area contributed by atoms with E-state index in [0.29, 0.717) is 5.69 Å². The molecule has 1 aliphatic heterocycles. The minimum atomic E-state index is -1.09. The molecule has 0 saturated carbocycles. The Morgan fingerprint density at radius 2 is 2.29 bits per heavy atom. The number of benzene rings is 1. The maximum absolute atomic E-state index is 10.9. The summed E-state index contributed by atoms with van der Waals surface area (Å²) in [6.45, 7) is 4.09. The number of hydrogen-bond acceptors (Lipinski definition) is 5. The van der Waals surface area contributed by atoms with Crippen molar-refractivity contribution in [2.75, 3.05) is 0 Å². The van der Waals surface area contributed by atoms with Gasteiger partial charge in [-0.1, -0.05) is 12.1 Å². The summed E-state index contributed by atoms with van der Waals surface area (Å²) in [7, 11) is 0. The summed E-state index contributed by atoms with van der Waals surface area (Å²) in [5, 5.41) is 11.4. The van der Waals surface area contributed by atoms with Crippen LogP contribution in [0.15, 0.2) is 23.6 Å². The van der Waals surface area contributed by atoms with Crippen LogP contribution in [0, 0.1) is 0 Å². The summed E-state index contributed by atoms with van der Waals surface area (Å²) in [6, 6.07) is 4.86. The third-order valence-corrected chi connectivity index (χ3v) is 4.32. The van der Waals surface area contributed by atoms with Crippen molar-refractivity contribution in [1.29, 1.82) is 0 Å². The highest BCUT2D eigenvalue weighted by Crippen LogP contribution is 2.43. The molecule has 1 aromatic carbocycles. The van der Waals surface area contributed by atoms with Crippen LogP contribution >= 0.6 is 11.3 Å². The van der Waals surface area contributed by atoms with Gasteiger partial charge >= 0.3 is 5.97 Å². The second-order valence-corrected chi connectivity index (χ2v) is 6.58. The van der Waals surface area contributed by atoms with E-state index in [-0.39, 0.29) is 5.60 Å². The number of carboxylic acid groups (broad SMARTS) is 1. The lowest BCUT2D eigenvalue weighted by Crippen LogP contribution is -2.24. The fourth-order valence-electron chi connectivity index (χ4n) is 2.46. The van der Waals surface area contributed by atoms with Crippen LogP contribution in [0.5, 0.6) is 5.75 Å². The van der Waals surface area contributed by atoms with Crippen LogP contribution in [0.2, 0.25) is 0 Å². The van der Waals surface area contributed by atoms with Gasteiger partial charge in [0.15, 0.2) is 0 Å². The topological polar surface area (TPSA) is 85.4 Å². The van der Waals surface area contributed by atoms with Crippen molar-refractivity contribution in [2.24, 2.45) is 5.73 Å². The first-order valence-electron chi connectivity index (χ1n) is 6.62. The van der Waals surface area contributed by atoms with Gasteiger partial charge in [0, 0.05) is 11.8 Å². The van der Waals surface area contributed by atoms with Crippen molar-refractivity contribution in [1.82, 2.24) is 4.98 Å². The molecular weight excluding hydrogens is 288 g/mol. The quantitative estimate of drug-likeness (QED) is 0.910. The fourth-order valence-corrected chi connectivity index (χ4v) is 3.34. The zero-order valence-electron chi connectivity index (χ0n) is 11.8. The number of rotatable bonds is 3. The number of nitrogens with two attached hydrogens (primary N) is 1. The molecule has 5 nitrogen and oxygen atoms in total. The first-order valence-corrected chi connectivity index (χ1v) is 7.50. The average molecular weight is 304 g/mol. The van der Waals surface area contributed by atoms with Gasteiger partial charge in [0.2, 0.25) is 0 Å². The molecule has 3 N–H and O–H groups in total. The van der Waals surface area contributed by atoms with Crippen LogP contribution in [0.1, 0.15) is 31.1 Å². The summed E-state index contributed by atoms with van der Waals surface area (Å²) in [5.41, 5.74) is 7.79. The van der Waals surface area contributed by atoms with Crippen LogP contribution in [-0.4, -0.2) is 21.7 Å². The second-order valence-electron chi connectivity index (χ2n) is 5.73. The van der Waals surface area contributed by atoms with Gasteiger partial charge in [-0.25, -0.2) is 4.98 Å². The molecule has 6 heteroatoms. The molecule has 21 heavy (non-hydrogen) atoms. The molecule has 2 aromatic rings. The highest BCUT2D eigenvalue weighted by molar-refractivity contribution is 7.13. The Morgan fingerprint density at radius 3 is 3.00 bits per heavy atom. The SMILES string of the molecule is CC1(C)Cc2cccc(-c3nc(C(N)C(=O)O)cs3)c2O1. The minimum Gasteiger partial charge on any atom is -0.486 e. The highest BCUT2D eigenvalue weighted by atomic mass is 32.1. The molecule has 0 fully saturated rings. The van der Waals surface area contributed by atoms with E-state index in [9.17, 15) is 4.79 Å². The summed E-state index contributed by atoms with van der Waals surface area (Å²) in [4.78, 5) is 15.3. The Labute approximate surface area is 126 Å². The van der Waals surface area contributed by atoms with Crippen LogP contribution in [0.25, 0.3) is 10.6 Å². The monoisotopic (exact) mass is 304 g/mol. The van der Waals surface area contributed by atoms with Crippen LogP contribution in [-0.2, 0) is 11.2 Å². The van der Waals surface area contributed by atoms with Gasteiger partial charge in [0.25, 0.3) is 0 Å². The molecule has 0 spiro atoms. The van der Waals surface area contributed by atoms with E-state index >= 15 is 0 Å². The third kappa shape index (κ3) is 2.52. The van der Waals surface area contributed by atoms with Gasteiger partial charge in [-0.05, 0) is 25.5 Å². The average Bonchev–Trinajstić information content (AvgIpc) is 2.99. The second kappa shape index (κ2) is 4.82. The number of fused-ring (bicyclic) bond motifs is 1. The number of aliphatic carboxylic acids is 1. The number of carbonyl (C=O) groups is 1. The summed E-state index contributed by atoms with van der Waals surface area (Å²) in [5.74, 6) is -0.241. The molecule has 1 aliphatic rings. The molecule has 0 bridgehead atoms. The number of hydrogen-bond donors (Lipinski definition) is 2. The fraction of sp³-hybridized carbons (Fsp3) is 0.333. The van der Waals surface area contributed by atoms with Gasteiger partial charge in [0.1, 0.15) is 22.4 Å². The lowest BCUT2D eigenvalue weighted by atomic mass is 10.0. The number of thiazole rings is 1. The predicted octanol–water partition coefficient (Wildman–Crippen LogP) is 2.61. The minimum absolute atomic E-state index is 0.226. The molecule has 1 atom stereocenters. The van der Waals surface area contributed by atoms with Crippen LogP contribution in [0.4, 0.5) is 0 Å². The first-order chi connectivity index (χ1) is 9.87. The normalized spacial score (nSPS) is 17.1. The predicted molar refractivity (Wildman–Crippen MR) is 80.5 cm³/mol. The molecule has 1 aromatic heterocycles. The van der Waals surface area contributed by atoms with Crippen molar-refractivity contribution in [3.63, 3.8) is 0 Å². The zero-order valence-corrected chi connectivity index (χ0v) is 12.6. The zero-order chi connectivity index (χ0) is 15.2. The smallest absolute Gasteiger partial charge is 0.326 e. The summed E-state index contributed by atoms with van der Waals surface area (Å²) < 4.78 is 6.02. The largest absolute Gasteiger partial charge is 0.486 e. The van der Waals surface area contributed by atoms with Crippen molar-refractivity contribution in [3.8, 4) is 16.3 Å². The van der Waals surface area contributed by atoms with E-state index in [1.807, 2.05) is 32.0 Å². The summed E-state index contributed by atoms with van der Waals surface area (Å²) in [6.07, 6.45) is 0.850. The van der Waals surface area contributed by atoms with Gasteiger partial charge in [-0.3, -0.25) is 4.79 Å². The standard InChI is InChI=1S/C15H16N2O3S/c1-15(2)6-8-4-3-5-9(12(8)20-15)13-17-10(7-21-13)11(16)14(18)19/h3-5,7,11H,6,16H2,1-2H3,(H,18,19). The van der Waals surface area contributed by atoms with Crippen LogP contribution < -0.4 is 10.5 Å². The van der Waals surface area contributed by atoms with E-state index < -0.39 is 12.0 Å². The number of ether oxygens (including phenoxy) is 1. The van der Waals surface area contributed by atoms with Gasteiger partial charge in [-0.2, -0.15) is 0 Å². The molecule has 3 rings (SSSR count). The maximum Gasteiger partial charge on any atom is 0.326 e. The maximum atomic E-state index is 10.9. The molecule has 0 saturated heterocycles. The third-order valence-electron chi connectivity index (χ3n) is 3.43. The molecule has 1 unspecified atom stereocenters. The summed E-state index contributed by atoms with van der Waals surface area (Å²) >= 11 is 1.38. The van der Waals surface area contributed by atoms with E-state index in [0.717, 1.165) is 28.3 Å². The van der Waals surface area contributed by atoms with Crippen molar-refractivity contribution in [3.05, 3.63) is 34.8 Å².